The number of hydrogen-bond donors (Lipinski definition) is 1. The SMILES string of the molecule is CC1CCN(c2nnc(SCC(=O)NC(C)(C)C)n2C2CC2)CC1. The Kier molecular flexibility index (Phi) is 5.08. The molecule has 1 aromatic heterocycles. The third-order valence-electron chi connectivity index (χ3n) is 4.47. The Labute approximate surface area is 148 Å². The van der Waals surface area contributed by atoms with E-state index in [0.29, 0.717) is 11.8 Å². The Bertz CT molecular complexity index is 582. The van der Waals surface area contributed by atoms with E-state index in [9.17, 15) is 4.79 Å². The van der Waals surface area contributed by atoms with Crippen molar-refractivity contribution < 1.29 is 4.79 Å². The Hall–Kier alpha value is -1.24. The quantitative estimate of drug-likeness (QED) is 0.827. The molecule has 1 aliphatic heterocycles. The molecule has 24 heavy (non-hydrogen) atoms. The van der Waals surface area contributed by atoms with Crippen molar-refractivity contribution in [2.75, 3.05) is 23.7 Å². The first kappa shape index (κ1) is 17.6. The van der Waals surface area contributed by atoms with Crippen molar-refractivity contribution in [3.05, 3.63) is 0 Å². The first-order chi connectivity index (χ1) is 11.3. The molecule has 3 rings (SSSR count). The third-order valence-corrected chi connectivity index (χ3v) is 5.41. The number of thioether (sulfide) groups is 1. The van der Waals surface area contributed by atoms with Gasteiger partial charge in [-0.3, -0.25) is 9.36 Å². The average Bonchev–Trinajstić information content (AvgIpc) is 3.24. The number of anilines is 1. The van der Waals surface area contributed by atoms with Crippen LogP contribution in [0.25, 0.3) is 0 Å². The highest BCUT2D eigenvalue weighted by atomic mass is 32.2. The summed E-state index contributed by atoms with van der Waals surface area (Å²) in [7, 11) is 0. The van der Waals surface area contributed by atoms with Crippen molar-refractivity contribution in [2.24, 2.45) is 5.92 Å². The Balaban J connectivity index is 1.67. The Morgan fingerprint density at radius 2 is 1.88 bits per heavy atom. The predicted octanol–water partition coefficient (Wildman–Crippen LogP) is 2.86. The summed E-state index contributed by atoms with van der Waals surface area (Å²) in [5.41, 5.74) is -0.197. The molecule has 7 heteroatoms. The van der Waals surface area contributed by atoms with Gasteiger partial charge in [-0.05, 0) is 52.4 Å². The average molecular weight is 352 g/mol. The monoisotopic (exact) mass is 351 g/mol. The lowest BCUT2D eigenvalue weighted by atomic mass is 10.00. The molecule has 0 bridgehead atoms. The largest absolute Gasteiger partial charge is 0.351 e. The van der Waals surface area contributed by atoms with Gasteiger partial charge in [0.2, 0.25) is 11.9 Å². The first-order valence-electron chi connectivity index (χ1n) is 8.97. The maximum absolute atomic E-state index is 12.1. The summed E-state index contributed by atoms with van der Waals surface area (Å²) in [6.45, 7) is 10.4. The molecule has 6 nitrogen and oxygen atoms in total. The van der Waals surface area contributed by atoms with Gasteiger partial charge in [-0.25, -0.2) is 0 Å². The van der Waals surface area contributed by atoms with E-state index < -0.39 is 0 Å². The number of piperidine rings is 1. The predicted molar refractivity (Wildman–Crippen MR) is 97.5 cm³/mol. The maximum atomic E-state index is 12.1. The summed E-state index contributed by atoms with van der Waals surface area (Å²) in [4.78, 5) is 14.4. The van der Waals surface area contributed by atoms with E-state index in [1.165, 1.54) is 37.4 Å². The van der Waals surface area contributed by atoms with Gasteiger partial charge in [0.15, 0.2) is 5.16 Å². The van der Waals surface area contributed by atoms with Gasteiger partial charge in [-0.2, -0.15) is 0 Å². The van der Waals surface area contributed by atoms with Gasteiger partial charge in [0.1, 0.15) is 0 Å². The van der Waals surface area contributed by atoms with Crippen LogP contribution in [0.2, 0.25) is 0 Å². The second-order valence-corrected chi connectivity index (χ2v) is 9.08. The van der Waals surface area contributed by atoms with Crippen LogP contribution < -0.4 is 10.2 Å². The molecule has 1 saturated carbocycles. The van der Waals surface area contributed by atoms with E-state index in [1.54, 1.807) is 0 Å². The van der Waals surface area contributed by atoms with E-state index in [0.717, 1.165) is 30.1 Å². The maximum Gasteiger partial charge on any atom is 0.230 e. The standard InChI is InChI=1S/C17H29N5OS/c1-12-7-9-21(10-8-12)15-19-20-16(22(15)13-5-6-13)24-11-14(23)18-17(2,3)4/h12-13H,5-11H2,1-4H3,(H,18,23). The lowest BCUT2D eigenvalue weighted by molar-refractivity contribution is -0.119. The molecule has 0 radical (unpaired) electrons. The van der Waals surface area contributed by atoms with Gasteiger partial charge in [0, 0.05) is 24.7 Å². The van der Waals surface area contributed by atoms with Crippen molar-refractivity contribution in [1.82, 2.24) is 20.1 Å². The lowest BCUT2D eigenvalue weighted by Crippen LogP contribution is -2.41. The molecular formula is C17H29N5OS. The molecule has 1 N–H and O–H groups in total. The van der Waals surface area contributed by atoms with Crippen LogP contribution in [0.5, 0.6) is 0 Å². The first-order valence-corrected chi connectivity index (χ1v) is 9.96. The van der Waals surface area contributed by atoms with Gasteiger partial charge in [-0.1, -0.05) is 18.7 Å². The summed E-state index contributed by atoms with van der Waals surface area (Å²) in [6, 6.07) is 0.516. The minimum atomic E-state index is -0.197. The number of nitrogens with one attached hydrogen (secondary N) is 1. The minimum absolute atomic E-state index is 0.0474. The molecule has 2 heterocycles. The van der Waals surface area contributed by atoms with Crippen LogP contribution in [0.4, 0.5) is 5.95 Å². The molecule has 1 aromatic rings. The number of hydrogen-bond acceptors (Lipinski definition) is 5. The van der Waals surface area contributed by atoms with Crippen molar-refractivity contribution in [3.63, 3.8) is 0 Å². The third kappa shape index (κ3) is 4.43. The summed E-state index contributed by atoms with van der Waals surface area (Å²) >= 11 is 1.50. The van der Waals surface area contributed by atoms with Crippen LogP contribution in [-0.4, -0.2) is 45.1 Å². The van der Waals surface area contributed by atoms with Crippen LogP contribution >= 0.6 is 11.8 Å². The number of aromatic nitrogens is 3. The van der Waals surface area contributed by atoms with Gasteiger partial charge in [0.25, 0.3) is 0 Å². The van der Waals surface area contributed by atoms with Crippen LogP contribution in [0.15, 0.2) is 5.16 Å². The molecular weight excluding hydrogens is 322 g/mol. The zero-order chi connectivity index (χ0) is 17.3. The number of rotatable bonds is 5. The topological polar surface area (TPSA) is 63.1 Å². The van der Waals surface area contributed by atoms with Crippen LogP contribution in [0, 0.1) is 5.92 Å². The summed E-state index contributed by atoms with van der Waals surface area (Å²) < 4.78 is 2.27. The van der Waals surface area contributed by atoms with E-state index in [2.05, 4.69) is 31.9 Å². The van der Waals surface area contributed by atoms with E-state index in [1.807, 2.05) is 20.8 Å². The van der Waals surface area contributed by atoms with Crippen LogP contribution in [0.3, 0.4) is 0 Å². The smallest absolute Gasteiger partial charge is 0.230 e. The normalized spacial score (nSPS) is 19.6. The van der Waals surface area contributed by atoms with Crippen molar-refractivity contribution in [2.45, 2.75) is 70.1 Å². The van der Waals surface area contributed by atoms with Crippen LogP contribution in [0.1, 0.15) is 59.4 Å². The number of nitrogens with zero attached hydrogens (tertiary/aromatic N) is 4. The lowest BCUT2D eigenvalue weighted by Gasteiger charge is -2.31. The van der Waals surface area contributed by atoms with Crippen LogP contribution in [-0.2, 0) is 4.79 Å². The minimum Gasteiger partial charge on any atom is -0.351 e. The van der Waals surface area contributed by atoms with Gasteiger partial charge < -0.3 is 10.2 Å². The fraction of sp³-hybridized carbons (Fsp3) is 0.824. The van der Waals surface area contributed by atoms with Gasteiger partial charge in [-0.15, -0.1) is 10.2 Å². The second kappa shape index (κ2) is 6.94. The molecule has 134 valence electrons. The fourth-order valence-corrected chi connectivity index (χ4v) is 3.83. The summed E-state index contributed by atoms with van der Waals surface area (Å²) in [5, 5.41) is 12.7. The van der Waals surface area contributed by atoms with E-state index >= 15 is 0 Å². The van der Waals surface area contributed by atoms with E-state index in [4.69, 9.17) is 0 Å². The summed E-state index contributed by atoms with van der Waals surface area (Å²) in [6.07, 6.45) is 4.82. The second-order valence-electron chi connectivity index (χ2n) is 8.14. The zero-order valence-corrected chi connectivity index (χ0v) is 16.0. The Morgan fingerprint density at radius 3 is 2.46 bits per heavy atom. The highest BCUT2D eigenvalue weighted by Gasteiger charge is 2.32. The Morgan fingerprint density at radius 1 is 1.21 bits per heavy atom. The molecule has 1 aliphatic carbocycles. The van der Waals surface area contributed by atoms with Crippen molar-refractivity contribution in [3.8, 4) is 0 Å². The molecule has 0 atom stereocenters. The number of amides is 1. The molecule has 0 aromatic carbocycles. The van der Waals surface area contributed by atoms with Gasteiger partial charge >= 0.3 is 0 Å². The molecule has 1 saturated heterocycles. The van der Waals surface area contributed by atoms with E-state index in [-0.39, 0.29) is 11.4 Å². The number of carbonyl (C=O) groups excluding carboxylic acids is 1. The van der Waals surface area contributed by atoms with Crippen molar-refractivity contribution >= 4 is 23.6 Å². The fourth-order valence-electron chi connectivity index (χ4n) is 3.03. The number of carbonyl (C=O) groups is 1. The molecule has 2 fully saturated rings. The highest BCUT2D eigenvalue weighted by molar-refractivity contribution is 7.99. The zero-order valence-electron chi connectivity index (χ0n) is 15.2. The van der Waals surface area contributed by atoms with Crippen molar-refractivity contribution in [1.29, 1.82) is 0 Å². The molecule has 0 unspecified atom stereocenters. The van der Waals surface area contributed by atoms with Gasteiger partial charge in [0.05, 0.1) is 5.75 Å². The molecule has 2 aliphatic rings. The summed E-state index contributed by atoms with van der Waals surface area (Å²) in [5.74, 6) is 2.24. The molecule has 1 amide bonds. The molecule has 0 spiro atoms. The highest BCUT2D eigenvalue weighted by Crippen LogP contribution is 2.41.